The molecular weight excluding hydrogens is 328 g/mol. The Balaban J connectivity index is 2.31. The predicted octanol–water partition coefficient (Wildman–Crippen LogP) is 4.17. The van der Waals surface area contributed by atoms with E-state index >= 15 is 0 Å². The fourth-order valence-corrected chi connectivity index (χ4v) is 1.71. The Morgan fingerprint density at radius 2 is 1.60 bits per heavy atom. The van der Waals surface area contributed by atoms with Gasteiger partial charge in [0.1, 0.15) is 6.10 Å². The summed E-state index contributed by atoms with van der Waals surface area (Å²) in [4.78, 5) is 31.8. The fourth-order valence-electron chi connectivity index (χ4n) is 1.71. The second kappa shape index (κ2) is 9.39. The molecule has 0 amide bonds. The van der Waals surface area contributed by atoms with Crippen LogP contribution in [0.25, 0.3) is 0 Å². The van der Waals surface area contributed by atoms with Gasteiger partial charge in [0.15, 0.2) is 0 Å². The topological polar surface area (TPSA) is 80.3 Å². The van der Waals surface area contributed by atoms with E-state index < -0.39 is 18.2 Å². The summed E-state index contributed by atoms with van der Waals surface area (Å²) in [5.41, 5.74) is 1.01. The van der Waals surface area contributed by atoms with Gasteiger partial charge in [0.2, 0.25) is 0 Å². The van der Waals surface area contributed by atoms with Crippen molar-refractivity contribution < 1.29 is 33.9 Å². The molecule has 25 heavy (non-hydrogen) atoms. The summed E-state index contributed by atoms with van der Waals surface area (Å²) in [6.45, 7) is 11.6. The van der Waals surface area contributed by atoms with E-state index in [1.54, 1.807) is 19.1 Å². The minimum Gasteiger partial charge on any atom is -0.427 e. The molecule has 0 bridgehead atoms. The first-order chi connectivity index (χ1) is 11.6. The number of carbonyl (C=O) groups excluding carboxylic acids is 2. The van der Waals surface area contributed by atoms with Gasteiger partial charge in [0, 0.05) is 0 Å². The lowest BCUT2D eigenvalue weighted by Gasteiger charge is -2.21. The number of benzene rings is 1. The molecule has 0 saturated carbocycles. The molecule has 1 aromatic rings. The van der Waals surface area contributed by atoms with Gasteiger partial charge >= 0.3 is 12.1 Å². The van der Waals surface area contributed by atoms with E-state index in [9.17, 15) is 9.59 Å². The maximum atomic E-state index is 11.7. The van der Waals surface area contributed by atoms with Crippen LogP contribution in [0.3, 0.4) is 0 Å². The molecule has 140 valence electrons. The van der Waals surface area contributed by atoms with Crippen molar-refractivity contribution >= 4 is 12.1 Å². The molecule has 1 aromatic carbocycles. The van der Waals surface area contributed by atoms with Gasteiger partial charge in [-0.25, -0.2) is 14.5 Å². The van der Waals surface area contributed by atoms with Crippen molar-refractivity contribution in [3.8, 4) is 0 Å². The van der Waals surface area contributed by atoms with Crippen LogP contribution >= 0.6 is 0 Å². The molecule has 0 aromatic heterocycles. The third-order valence-electron chi connectivity index (χ3n) is 3.07. The lowest BCUT2D eigenvalue weighted by molar-refractivity contribution is -0.453. The Morgan fingerprint density at radius 1 is 1.00 bits per heavy atom. The maximum absolute atomic E-state index is 11.7. The maximum Gasteiger partial charge on any atom is 0.543 e. The summed E-state index contributed by atoms with van der Waals surface area (Å²) in [5.74, 6) is -0.434. The van der Waals surface area contributed by atoms with Crippen molar-refractivity contribution in [3.63, 3.8) is 0 Å². The highest BCUT2D eigenvalue weighted by molar-refractivity contribution is 5.88. The summed E-state index contributed by atoms with van der Waals surface area (Å²) in [6.07, 6.45) is -1.68. The van der Waals surface area contributed by atoms with Gasteiger partial charge in [-0.05, 0) is 51.3 Å². The van der Waals surface area contributed by atoms with Crippen molar-refractivity contribution in [1.82, 2.24) is 0 Å². The Labute approximate surface area is 148 Å². The van der Waals surface area contributed by atoms with Crippen LogP contribution in [0, 0.1) is 0 Å². The van der Waals surface area contributed by atoms with Gasteiger partial charge < -0.3 is 9.47 Å². The number of carbonyl (C=O) groups is 2. The van der Waals surface area contributed by atoms with Gasteiger partial charge in [-0.1, -0.05) is 26.0 Å². The Bertz CT molecular complexity index is 558. The molecule has 0 N–H and O–H groups in total. The van der Waals surface area contributed by atoms with Crippen LogP contribution in [0.4, 0.5) is 4.79 Å². The van der Waals surface area contributed by atoms with E-state index in [-0.39, 0.29) is 17.8 Å². The van der Waals surface area contributed by atoms with Crippen molar-refractivity contribution in [2.75, 3.05) is 6.61 Å². The van der Waals surface area contributed by atoms with Crippen LogP contribution in [0.1, 0.15) is 63.4 Å². The normalized spacial score (nSPS) is 12.6. The SMILES string of the molecule is CC(COC(C)(C)C)OC(=O)OOOC(=O)c1ccc(C(C)C)cc1. The molecular formula is C18H26O7. The van der Waals surface area contributed by atoms with E-state index in [0.29, 0.717) is 5.92 Å². The molecule has 1 rings (SSSR count). The molecule has 0 aliphatic rings. The molecule has 1 atom stereocenters. The first kappa shape index (κ1) is 20.9. The fraction of sp³-hybridized carbons (Fsp3) is 0.556. The Hall–Kier alpha value is -2.12. The highest BCUT2D eigenvalue weighted by Gasteiger charge is 2.18. The molecule has 7 nitrogen and oxygen atoms in total. The van der Waals surface area contributed by atoms with Gasteiger partial charge in [0.05, 0.1) is 22.8 Å². The molecule has 0 fully saturated rings. The predicted molar refractivity (Wildman–Crippen MR) is 89.8 cm³/mol. The van der Waals surface area contributed by atoms with Gasteiger partial charge in [-0.2, -0.15) is 0 Å². The average Bonchev–Trinajstić information content (AvgIpc) is 2.52. The van der Waals surface area contributed by atoms with Crippen LogP contribution in [-0.4, -0.2) is 30.4 Å². The molecule has 0 aliphatic heterocycles. The second-order valence-corrected chi connectivity index (χ2v) is 6.90. The number of ether oxygens (including phenoxy) is 2. The van der Waals surface area contributed by atoms with E-state index in [0.717, 1.165) is 5.56 Å². The molecule has 0 spiro atoms. The van der Waals surface area contributed by atoms with Crippen LogP contribution in [0.2, 0.25) is 0 Å². The number of hydrogen-bond donors (Lipinski definition) is 0. The number of hydrogen-bond acceptors (Lipinski definition) is 7. The third-order valence-corrected chi connectivity index (χ3v) is 3.07. The molecule has 1 unspecified atom stereocenters. The molecule has 0 aliphatic carbocycles. The smallest absolute Gasteiger partial charge is 0.427 e. The van der Waals surface area contributed by atoms with Crippen LogP contribution in [0.15, 0.2) is 24.3 Å². The zero-order chi connectivity index (χ0) is 19.0. The highest BCUT2D eigenvalue weighted by atomic mass is 17.5. The summed E-state index contributed by atoms with van der Waals surface area (Å²) < 4.78 is 10.3. The standard InChI is InChI=1S/C18H26O7/c1-12(2)14-7-9-15(10-8-14)16(19)23-25-24-17(20)22-13(3)11-21-18(4,5)6/h7-10,12-13H,11H2,1-6H3. The molecule has 0 heterocycles. The second-order valence-electron chi connectivity index (χ2n) is 6.90. The lowest BCUT2D eigenvalue weighted by atomic mass is 10.0. The van der Waals surface area contributed by atoms with E-state index in [1.807, 2.05) is 46.8 Å². The van der Waals surface area contributed by atoms with Crippen LogP contribution in [-0.2, 0) is 24.3 Å². The summed E-state index contributed by atoms with van der Waals surface area (Å²) in [5, 5.41) is 4.17. The molecule has 7 heteroatoms. The van der Waals surface area contributed by atoms with Gasteiger partial charge in [-0.3, -0.25) is 4.89 Å². The summed E-state index contributed by atoms with van der Waals surface area (Å²) >= 11 is 0. The van der Waals surface area contributed by atoms with Gasteiger partial charge in [-0.15, -0.1) is 0 Å². The zero-order valence-corrected chi connectivity index (χ0v) is 15.5. The van der Waals surface area contributed by atoms with E-state index in [2.05, 4.69) is 14.8 Å². The zero-order valence-electron chi connectivity index (χ0n) is 15.5. The highest BCUT2D eigenvalue weighted by Crippen LogP contribution is 2.15. The van der Waals surface area contributed by atoms with Crippen molar-refractivity contribution in [3.05, 3.63) is 35.4 Å². The first-order valence-corrected chi connectivity index (χ1v) is 8.08. The minimum absolute atomic E-state index is 0.195. The molecule has 0 saturated heterocycles. The first-order valence-electron chi connectivity index (χ1n) is 8.08. The monoisotopic (exact) mass is 354 g/mol. The van der Waals surface area contributed by atoms with E-state index in [4.69, 9.17) is 9.47 Å². The van der Waals surface area contributed by atoms with Crippen LogP contribution < -0.4 is 0 Å². The largest absolute Gasteiger partial charge is 0.543 e. The van der Waals surface area contributed by atoms with Crippen molar-refractivity contribution in [2.24, 2.45) is 0 Å². The van der Waals surface area contributed by atoms with E-state index in [1.165, 1.54) is 0 Å². The van der Waals surface area contributed by atoms with Crippen molar-refractivity contribution in [1.29, 1.82) is 0 Å². The minimum atomic E-state index is -1.13. The average molecular weight is 354 g/mol. The van der Waals surface area contributed by atoms with Crippen LogP contribution in [0.5, 0.6) is 0 Å². The summed E-state index contributed by atoms with van der Waals surface area (Å²) in [6, 6.07) is 6.83. The van der Waals surface area contributed by atoms with Gasteiger partial charge in [0.25, 0.3) is 0 Å². The summed E-state index contributed by atoms with van der Waals surface area (Å²) in [7, 11) is 0. The third kappa shape index (κ3) is 8.51. The lowest BCUT2D eigenvalue weighted by Crippen LogP contribution is -2.28. The quantitative estimate of drug-likeness (QED) is 0.413. The van der Waals surface area contributed by atoms with Crippen molar-refractivity contribution in [2.45, 2.75) is 59.2 Å². The Kier molecular flexibility index (Phi) is 7.86. The molecule has 0 radical (unpaired) electrons. The Morgan fingerprint density at radius 3 is 2.12 bits per heavy atom. The number of rotatable bonds is 7.